The third-order valence-corrected chi connectivity index (χ3v) is 8.23. The third-order valence-electron chi connectivity index (χ3n) is 5.91. The SMILES string of the molecule is COc1cccc(C(NC2C(=O)C(=O)C2Nc2ccc(Cl)c(S(=O)(=O)N(C)C)c2O)C(C)(C)C)c1. The first-order valence-corrected chi connectivity index (χ1v) is 12.7. The summed E-state index contributed by atoms with van der Waals surface area (Å²) in [6.45, 7) is 6.00. The van der Waals surface area contributed by atoms with E-state index in [9.17, 15) is 23.1 Å². The van der Waals surface area contributed by atoms with Gasteiger partial charge in [-0.2, -0.15) is 0 Å². The van der Waals surface area contributed by atoms with Crippen molar-refractivity contribution >= 4 is 38.9 Å². The lowest BCUT2D eigenvalue weighted by Gasteiger charge is -2.41. The monoisotopic (exact) mass is 523 g/mol. The first-order chi connectivity index (χ1) is 16.2. The number of sulfonamides is 1. The van der Waals surface area contributed by atoms with Crippen molar-refractivity contribution in [3.05, 3.63) is 47.0 Å². The van der Waals surface area contributed by atoms with Crippen LogP contribution in [-0.4, -0.2) is 62.7 Å². The maximum atomic E-state index is 12.7. The number of carbonyl (C=O) groups excluding carboxylic acids is 2. The fourth-order valence-electron chi connectivity index (χ4n) is 3.94. The van der Waals surface area contributed by atoms with Gasteiger partial charge in [0.25, 0.3) is 0 Å². The molecule has 0 aliphatic heterocycles. The van der Waals surface area contributed by atoms with Crippen molar-refractivity contribution in [2.75, 3.05) is 26.5 Å². The molecule has 3 rings (SSSR count). The predicted octanol–water partition coefficient (Wildman–Crippen LogP) is 2.98. The number of halogens is 1. The lowest BCUT2D eigenvalue weighted by molar-refractivity contribution is -0.146. The first kappa shape index (κ1) is 26.9. The number of phenolic OH excluding ortho intramolecular Hbond substituents is 1. The maximum absolute atomic E-state index is 12.7. The maximum Gasteiger partial charge on any atom is 0.247 e. The van der Waals surface area contributed by atoms with Crippen LogP contribution in [0.2, 0.25) is 5.02 Å². The minimum absolute atomic E-state index is 0.0267. The highest BCUT2D eigenvalue weighted by atomic mass is 35.5. The van der Waals surface area contributed by atoms with Crippen LogP contribution in [0.4, 0.5) is 5.69 Å². The van der Waals surface area contributed by atoms with Gasteiger partial charge in [0.15, 0.2) is 5.75 Å². The molecule has 2 aromatic carbocycles. The molecular formula is C24H30ClN3O6S. The van der Waals surface area contributed by atoms with E-state index < -0.39 is 44.3 Å². The largest absolute Gasteiger partial charge is 0.504 e. The third kappa shape index (κ3) is 5.16. The average molecular weight is 524 g/mol. The van der Waals surface area contributed by atoms with Crippen molar-refractivity contribution in [1.29, 1.82) is 0 Å². The van der Waals surface area contributed by atoms with E-state index in [4.69, 9.17) is 16.3 Å². The number of ether oxygens (including phenoxy) is 1. The number of benzene rings is 2. The van der Waals surface area contributed by atoms with Gasteiger partial charge in [-0.25, -0.2) is 12.7 Å². The van der Waals surface area contributed by atoms with Crippen molar-refractivity contribution in [1.82, 2.24) is 9.62 Å². The van der Waals surface area contributed by atoms with Gasteiger partial charge in [0.1, 0.15) is 22.7 Å². The molecule has 1 fully saturated rings. The minimum Gasteiger partial charge on any atom is -0.504 e. The summed E-state index contributed by atoms with van der Waals surface area (Å²) in [5.41, 5.74) is 0.503. The van der Waals surface area contributed by atoms with E-state index in [2.05, 4.69) is 10.6 Å². The average Bonchev–Trinajstić information content (AvgIpc) is 2.78. The zero-order valence-corrected chi connectivity index (χ0v) is 22.0. The molecule has 3 N–H and O–H groups in total. The van der Waals surface area contributed by atoms with Crippen molar-refractivity contribution in [3.8, 4) is 11.5 Å². The highest BCUT2D eigenvalue weighted by molar-refractivity contribution is 7.89. The van der Waals surface area contributed by atoms with Crippen molar-refractivity contribution < 1.29 is 27.9 Å². The molecule has 1 aliphatic rings. The van der Waals surface area contributed by atoms with Crippen molar-refractivity contribution in [2.24, 2.45) is 5.41 Å². The Morgan fingerprint density at radius 1 is 1.09 bits per heavy atom. The van der Waals surface area contributed by atoms with E-state index in [0.717, 1.165) is 9.87 Å². The molecule has 0 heterocycles. The summed E-state index contributed by atoms with van der Waals surface area (Å²) in [5.74, 6) is -1.25. The van der Waals surface area contributed by atoms with Crippen LogP contribution >= 0.6 is 11.6 Å². The Morgan fingerprint density at radius 2 is 1.71 bits per heavy atom. The first-order valence-electron chi connectivity index (χ1n) is 10.9. The number of nitrogens with one attached hydrogen (secondary N) is 2. The van der Waals surface area contributed by atoms with Crippen LogP contribution in [0, 0.1) is 5.41 Å². The normalized spacial score (nSPS) is 19.4. The summed E-state index contributed by atoms with van der Waals surface area (Å²) in [7, 11) is 0.114. The van der Waals surface area contributed by atoms with Gasteiger partial charge in [0.05, 0.1) is 17.8 Å². The number of methoxy groups -OCH3 is 1. The van der Waals surface area contributed by atoms with Gasteiger partial charge in [-0.15, -0.1) is 0 Å². The van der Waals surface area contributed by atoms with E-state index >= 15 is 0 Å². The Labute approximate surface area is 210 Å². The Kier molecular flexibility index (Phi) is 7.52. The fraction of sp³-hybridized carbons (Fsp3) is 0.417. The summed E-state index contributed by atoms with van der Waals surface area (Å²) in [5, 5.41) is 16.7. The van der Waals surface area contributed by atoms with Crippen LogP contribution in [-0.2, 0) is 19.6 Å². The smallest absolute Gasteiger partial charge is 0.247 e. The standard InChI is InChI=1S/C24H30ClN3O6S/c1-24(2,3)23(13-8-7-9-14(12-13)34-6)27-18-17(20(30)21(18)31)26-16-11-10-15(25)22(19(16)29)35(32,33)28(4)5/h7-12,17-18,23,26-27,29H,1-6H3. The van der Waals surface area contributed by atoms with Gasteiger partial charge in [-0.1, -0.05) is 44.5 Å². The van der Waals surface area contributed by atoms with Crippen molar-refractivity contribution in [2.45, 2.75) is 43.8 Å². The number of hydrogen-bond acceptors (Lipinski definition) is 8. The summed E-state index contributed by atoms with van der Waals surface area (Å²) in [6, 6.07) is 7.85. The Bertz CT molecular complexity index is 1260. The molecule has 190 valence electrons. The highest BCUT2D eigenvalue weighted by Gasteiger charge is 2.51. The van der Waals surface area contributed by atoms with Gasteiger partial charge in [0, 0.05) is 20.1 Å². The van der Waals surface area contributed by atoms with Crippen LogP contribution in [0.5, 0.6) is 11.5 Å². The molecule has 2 aromatic rings. The van der Waals surface area contributed by atoms with E-state index in [1.165, 1.54) is 26.2 Å². The number of Topliss-reactive ketones (excluding diaryl/α,β-unsaturated/α-hetero) is 2. The molecule has 0 bridgehead atoms. The number of aromatic hydroxyl groups is 1. The van der Waals surface area contributed by atoms with E-state index in [0.29, 0.717) is 5.75 Å². The molecule has 1 saturated carbocycles. The lowest BCUT2D eigenvalue weighted by atomic mass is 9.77. The zero-order chi connectivity index (χ0) is 26.3. The summed E-state index contributed by atoms with van der Waals surface area (Å²) < 4.78 is 31.5. The number of nitrogens with zero attached hydrogens (tertiary/aromatic N) is 1. The van der Waals surface area contributed by atoms with Crippen LogP contribution in [0.15, 0.2) is 41.3 Å². The second kappa shape index (κ2) is 9.77. The minimum atomic E-state index is -4.07. The molecule has 1 aliphatic carbocycles. The molecule has 35 heavy (non-hydrogen) atoms. The van der Waals surface area contributed by atoms with Crippen molar-refractivity contribution in [3.63, 3.8) is 0 Å². The van der Waals surface area contributed by atoms with Crippen LogP contribution in [0.1, 0.15) is 32.4 Å². The number of rotatable bonds is 8. The quantitative estimate of drug-likeness (QED) is 0.356. The summed E-state index contributed by atoms with van der Waals surface area (Å²) in [6.07, 6.45) is 0. The number of hydrogen-bond donors (Lipinski definition) is 3. The second-order valence-corrected chi connectivity index (χ2v) is 12.1. The van der Waals surface area contributed by atoms with E-state index in [1.807, 2.05) is 45.0 Å². The topological polar surface area (TPSA) is 125 Å². The molecule has 3 atom stereocenters. The molecule has 0 spiro atoms. The molecule has 0 aromatic heterocycles. The van der Waals surface area contributed by atoms with Gasteiger partial charge < -0.3 is 15.2 Å². The zero-order valence-electron chi connectivity index (χ0n) is 20.4. The Balaban J connectivity index is 1.94. The molecule has 0 radical (unpaired) electrons. The molecular weight excluding hydrogens is 494 g/mol. The highest BCUT2D eigenvalue weighted by Crippen LogP contribution is 2.40. The second-order valence-electron chi connectivity index (χ2n) is 9.63. The fourth-order valence-corrected chi connectivity index (χ4v) is 5.42. The van der Waals surface area contributed by atoms with Gasteiger partial charge in [-0.05, 0) is 35.2 Å². The molecule has 3 unspecified atom stereocenters. The Hall–Kier alpha value is -2.66. The summed E-state index contributed by atoms with van der Waals surface area (Å²) in [4.78, 5) is 24.6. The number of carbonyl (C=O) groups is 2. The Morgan fingerprint density at radius 3 is 2.29 bits per heavy atom. The van der Waals surface area contributed by atoms with Gasteiger partial charge in [0.2, 0.25) is 21.6 Å². The summed E-state index contributed by atoms with van der Waals surface area (Å²) >= 11 is 6.07. The number of phenols is 1. The lowest BCUT2D eigenvalue weighted by Crippen LogP contribution is -2.68. The molecule has 11 heteroatoms. The molecule has 9 nitrogen and oxygen atoms in total. The van der Waals surface area contributed by atoms with Crippen LogP contribution < -0.4 is 15.4 Å². The van der Waals surface area contributed by atoms with Crippen LogP contribution in [0.25, 0.3) is 0 Å². The predicted molar refractivity (Wildman–Crippen MR) is 134 cm³/mol. The van der Waals surface area contributed by atoms with E-state index in [1.54, 1.807) is 7.11 Å². The molecule has 0 amide bonds. The van der Waals surface area contributed by atoms with E-state index in [-0.39, 0.29) is 22.2 Å². The number of ketones is 2. The number of anilines is 1. The van der Waals surface area contributed by atoms with Gasteiger partial charge in [-0.3, -0.25) is 14.9 Å². The van der Waals surface area contributed by atoms with Crippen LogP contribution in [0.3, 0.4) is 0 Å². The van der Waals surface area contributed by atoms with Gasteiger partial charge >= 0.3 is 0 Å². The molecule has 0 saturated heterocycles.